The molecule has 0 radical (unpaired) electrons. The molecule has 1 aromatic rings. The van der Waals surface area contributed by atoms with Crippen LogP contribution in [0.25, 0.3) is 0 Å². The second kappa shape index (κ2) is 17.3. The predicted molar refractivity (Wildman–Crippen MR) is 156 cm³/mol. The van der Waals surface area contributed by atoms with Gasteiger partial charge in [0.25, 0.3) is 20.2 Å². The average Bonchev–Trinajstić information content (AvgIpc) is 2.93. The van der Waals surface area contributed by atoms with Crippen LogP contribution >= 0.6 is 0 Å². The van der Waals surface area contributed by atoms with Crippen LogP contribution < -0.4 is 36.1 Å². The molecule has 0 spiro atoms. The van der Waals surface area contributed by atoms with Gasteiger partial charge >= 0.3 is 0 Å². The summed E-state index contributed by atoms with van der Waals surface area (Å²) in [7, 11) is -8.41. The Labute approximate surface area is 251 Å². The second-order valence-corrected chi connectivity index (χ2v) is 12.9. The summed E-state index contributed by atoms with van der Waals surface area (Å²) in [4.78, 5) is 37.4. The standard InChI is InChI=1S/C25H41N5O11S2/c1-3-19-20(4-2)41-22-13-17(5-6-21(22)40-19)7-8-28-25(33)18(30-24(32)16-27-10-12-43(37,38)39)14-29-23(31)15-26-9-11-42(34,35)36/h5-6,13,18-20,26-27H,3-4,7-12,14-16H2,1-2H3,(H,28,33)(H,29,31)(H,30,32)(H,34,35,36)(H,37,38,39). The first-order valence-corrected chi connectivity index (χ1v) is 17.0. The van der Waals surface area contributed by atoms with Gasteiger partial charge in [-0.15, -0.1) is 0 Å². The van der Waals surface area contributed by atoms with Gasteiger partial charge in [-0.1, -0.05) is 19.9 Å². The second-order valence-electron chi connectivity index (χ2n) is 9.80. The number of ether oxygens (including phenoxy) is 2. The monoisotopic (exact) mass is 651 g/mol. The minimum atomic E-state index is -4.21. The van der Waals surface area contributed by atoms with Crippen molar-refractivity contribution < 1.29 is 49.8 Å². The lowest BCUT2D eigenvalue weighted by Crippen LogP contribution is -2.55. The summed E-state index contributed by atoms with van der Waals surface area (Å²) in [6.45, 7) is 2.89. The van der Waals surface area contributed by atoms with Gasteiger partial charge in [-0.05, 0) is 37.0 Å². The summed E-state index contributed by atoms with van der Waals surface area (Å²) in [6.07, 6.45) is 1.94. The van der Waals surface area contributed by atoms with Crippen molar-refractivity contribution in [3.8, 4) is 11.5 Å². The molecule has 0 saturated carbocycles. The summed E-state index contributed by atoms with van der Waals surface area (Å²) in [5.74, 6) is -1.78. The Hall–Kier alpha value is -3.03. The van der Waals surface area contributed by atoms with Gasteiger partial charge in [0, 0.05) is 26.2 Å². The zero-order chi connectivity index (χ0) is 32.0. The Bertz CT molecular complexity index is 1310. The molecule has 2 rings (SSSR count). The van der Waals surface area contributed by atoms with Crippen LogP contribution in [-0.4, -0.2) is 113 Å². The third-order valence-corrected chi connectivity index (χ3v) is 7.74. The number of hydrogen-bond donors (Lipinski definition) is 7. The molecule has 0 fully saturated rings. The fourth-order valence-electron chi connectivity index (χ4n) is 4.06. The van der Waals surface area contributed by atoms with Crippen molar-refractivity contribution >= 4 is 38.0 Å². The number of fused-ring (bicyclic) bond motifs is 1. The van der Waals surface area contributed by atoms with Crippen molar-refractivity contribution in [1.29, 1.82) is 0 Å². The van der Waals surface area contributed by atoms with Gasteiger partial charge in [-0.2, -0.15) is 16.8 Å². The van der Waals surface area contributed by atoms with E-state index in [2.05, 4.69) is 26.6 Å². The molecule has 7 N–H and O–H groups in total. The number of benzene rings is 1. The van der Waals surface area contributed by atoms with E-state index in [-0.39, 0.29) is 51.5 Å². The smallest absolute Gasteiger partial charge is 0.266 e. The SMILES string of the molecule is CCC1Oc2ccc(CCNC(=O)C(CNC(=O)CNCCS(=O)(=O)O)NC(=O)CNCCS(=O)(=O)O)cc2OC1CC. The number of carbonyl (C=O) groups is 3. The molecule has 3 amide bonds. The molecule has 1 heterocycles. The predicted octanol–water partition coefficient (Wildman–Crippen LogP) is -1.77. The molecule has 0 aromatic heterocycles. The van der Waals surface area contributed by atoms with Crippen molar-refractivity contribution in [3.05, 3.63) is 23.8 Å². The third-order valence-electron chi connectivity index (χ3n) is 6.30. The minimum Gasteiger partial charge on any atom is -0.483 e. The van der Waals surface area contributed by atoms with Gasteiger partial charge in [-0.25, -0.2) is 0 Å². The number of carbonyl (C=O) groups excluding carboxylic acids is 3. The summed E-state index contributed by atoms with van der Waals surface area (Å²) in [6, 6.07) is 4.33. The Morgan fingerprint density at radius 2 is 1.37 bits per heavy atom. The number of nitrogens with one attached hydrogen (secondary N) is 5. The summed E-state index contributed by atoms with van der Waals surface area (Å²) < 4.78 is 72.9. The quantitative estimate of drug-likeness (QED) is 0.0648. The normalized spacial score (nSPS) is 17.1. The van der Waals surface area contributed by atoms with Crippen molar-refractivity contribution in [2.45, 2.75) is 51.4 Å². The van der Waals surface area contributed by atoms with Crippen LogP contribution in [0.4, 0.5) is 0 Å². The van der Waals surface area contributed by atoms with Gasteiger partial charge in [0.1, 0.15) is 18.2 Å². The van der Waals surface area contributed by atoms with Crippen LogP contribution in [0.3, 0.4) is 0 Å². The van der Waals surface area contributed by atoms with Gasteiger partial charge in [-0.3, -0.25) is 23.5 Å². The minimum absolute atomic E-state index is 0.0272. The van der Waals surface area contributed by atoms with E-state index in [4.69, 9.17) is 18.6 Å². The molecule has 1 aromatic carbocycles. The number of amides is 3. The van der Waals surface area contributed by atoms with Gasteiger partial charge < -0.3 is 36.1 Å². The Morgan fingerprint density at radius 3 is 1.93 bits per heavy atom. The zero-order valence-electron chi connectivity index (χ0n) is 24.1. The molecule has 0 aliphatic carbocycles. The van der Waals surface area contributed by atoms with Crippen molar-refractivity contribution in [3.63, 3.8) is 0 Å². The highest BCUT2D eigenvalue weighted by molar-refractivity contribution is 7.86. The molecule has 43 heavy (non-hydrogen) atoms. The Balaban J connectivity index is 1.93. The highest BCUT2D eigenvalue weighted by Gasteiger charge is 2.29. The van der Waals surface area contributed by atoms with Crippen molar-refractivity contribution in [1.82, 2.24) is 26.6 Å². The first-order valence-electron chi connectivity index (χ1n) is 13.8. The van der Waals surface area contributed by atoms with E-state index in [9.17, 15) is 31.2 Å². The maximum Gasteiger partial charge on any atom is 0.266 e. The van der Waals surface area contributed by atoms with Crippen LogP contribution in [0.2, 0.25) is 0 Å². The highest BCUT2D eigenvalue weighted by Crippen LogP contribution is 2.36. The Morgan fingerprint density at radius 1 is 0.814 bits per heavy atom. The summed E-state index contributed by atoms with van der Waals surface area (Å²) >= 11 is 0. The molecule has 1 aliphatic heterocycles. The maximum atomic E-state index is 12.9. The molecule has 18 heteroatoms. The highest BCUT2D eigenvalue weighted by atomic mass is 32.2. The first-order chi connectivity index (χ1) is 20.2. The van der Waals surface area contributed by atoms with Crippen molar-refractivity contribution in [2.24, 2.45) is 0 Å². The third kappa shape index (κ3) is 14.3. The molecular weight excluding hydrogens is 610 g/mol. The van der Waals surface area contributed by atoms with E-state index in [1.807, 2.05) is 32.0 Å². The maximum absolute atomic E-state index is 12.9. The Kier molecular flexibility index (Phi) is 14.6. The van der Waals surface area contributed by atoms with E-state index in [1.54, 1.807) is 0 Å². The average molecular weight is 652 g/mol. The number of hydrogen-bond acceptors (Lipinski definition) is 11. The lowest BCUT2D eigenvalue weighted by molar-refractivity contribution is -0.129. The first kappa shape index (κ1) is 36.2. The fraction of sp³-hybridized carbons (Fsp3) is 0.640. The summed E-state index contributed by atoms with van der Waals surface area (Å²) in [5, 5.41) is 12.7. The number of rotatable bonds is 19. The van der Waals surface area contributed by atoms with E-state index >= 15 is 0 Å². The van der Waals surface area contributed by atoms with Crippen LogP contribution in [0, 0.1) is 0 Å². The largest absolute Gasteiger partial charge is 0.483 e. The van der Waals surface area contributed by atoms with E-state index in [0.717, 1.165) is 18.4 Å². The van der Waals surface area contributed by atoms with Crippen LogP contribution in [0.15, 0.2) is 18.2 Å². The lowest BCUT2D eigenvalue weighted by Gasteiger charge is -2.33. The molecule has 3 atom stereocenters. The van der Waals surface area contributed by atoms with Gasteiger partial charge in [0.05, 0.1) is 24.6 Å². The van der Waals surface area contributed by atoms with Crippen molar-refractivity contribution in [2.75, 3.05) is 50.8 Å². The van der Waals surface area contributed by atoms with Crippen LogP contribution in [0.5, 0.6) is 11.5 Å². The summed E-state index contributed by atoms with van der Waals surface area (Å²) in [5.41, 5.74) is 0.875. The molecule has 0 saturated heterocycles. The van der Waals surface area contributed by atoms with E-state index in [1.165, 1.54) is 0 Å². The fourth-order valence-corrected chi connectivity index (χ4v) is 4.86. The van der Waals surface area contributed by atoms with E-state index in [0.29, 0.717) is 17.9 Å². The molecule has 244 valence electrons. The zero-order valence-corrected chi connectivity index (χ0v) is 25.8. The molecule has 16 nitrogen and oxygen atoms in total. The van der Waals surface area contributed by atoms with Gasteiger partial charge in [0.2, 0.25) is 17.7 Å². The molecular formula is C25H41N5O11S2. The molecule has 1 aliphatic rings. The van der Waals surface area contributed by atoms with Gasteiger partial charge in [0.15, 0.2) is 11.5 Å². The molecule has 0 bridgehead atoms. The van der Waals surface area contributed by atoms with Crippen LogP contribution in [0.1, 0.15) is 32.3 Å². The topological polar surface area (TPSA) is 239 Å². The van der Waals surface area contributed by atoms with Crippen LogP contribution in [-0.2, 0) is 41.0 Å². The lowest BCUT2D eigenvalue weighted by atomic mass is 10.1. The van der Waals surface area contributed by atoms with E-state index < -0.39 is 55.5 Å². The molecule has 3 unspecified atom stereocenters.